The summed E-state index contributed by atoms with van der Waals surface area (Å²) in [7, 11) is 0. The summed E-state index contributed by atoms with van der Waals surface area (Å²) in [5.74, 6) is 0. The zero-order valence-corrected chi connectivity index (χ0v) is 11.5. The summed E-state index contributed by atoms with van der Waals surface area (Å²) in [6.45, 7) is 5.86. The lowest BCUT2D eigenvalue weighted by Gasteiger charge is -2.13. The van der Waals surface area contributed by atoms with E-state index >= 15 is 0 Å². The minimum atomic E-state index is 0.735. The van der Waals surface area contributed by atoms with Gasteiger partial charge in [0, 0.05) is 21.7 Å². The minimum Gasteiger partial charge on any atom is -0.246 e. The molecule has 0 spiro atoms. The third-order valence-electron chi connectivity index (χ3n) is 2.66. The van der Waals surface area contributed by atoms with Crippen LogP contribution in [0.2, 0.25) is 0 Å². The number of nitriles is 1. The summed E-state index contributed by atoms with van der Waals surface area (Å²) >= 11 is 1.56. The van der Waals surface area contributed by atoms with Gasteiger partial charge in [0.2, 0.25) is 0 Å². The molecule has 0 fully saturated rings. The van der Waals surface area contributed by atoms with E-state index in [9.17, 15) is 0 Å². The quantitative estimate of drug-likeness (QED) is 0.704. The number of nitrogens with zero attached hydrogens (tertiary/aromatic N) is 2. The highest BCUT2D eigenvalue weighted by molar-refractivity contribution is 8.17. The molecule has 1 aromatic carbocycles. The minimum absolute atomic E-state index is 0.735. The van der Waals surface area contributed by atoms with Crippen LogP contribution in [-0.2, 0) is 0 Å². The number of hydrogen-bond acceptors (Lipinski definition) is 3. The largest absolute Gasteiger partial charge is 0.246 e. The maximum Gasteiger partial charge on any atom is 0.108 e. The topological polar surface area (TPSA) is 36.1 Å². The molecule has 0 N–H and O–H groups in total. The SMILES string of the molecule is CC1=C/C(=C(/C)C#N)SC(c2ccc(C)cc2)=N1. The van der Waals surface area contributed by atoms with Crippen LogP contribution in [0.5, 0.6) is 0 Å². The average molecular weight is 254 g/mol. The van der Waals surface area contributed by atoms with Crippen LogP contribution in [0.4, 0.5) is 0 Å². The second kappa shape index (κ2) is 5.24. The third kappa shape index (κ3) is 2.72. The molecular formula is C15H14N2S. The average Bonchev–Trinajstić information content (AvgIpc) is 2.38. The molecule has 18 heavy (non-hydrogen) atoms. The summed E-state index contributed by atoms with van der Waals surface area (Å²) in [6, 6.07) is 10.5. The summed E-state index contributed by atoms with van der Waals surface area (Å²) in [4.78, 5) is 5.53. The maximum atomic E-state index is 8.98. The van der Waals surface area contributed by atoms with Crippen LogP contribution in [0.1, 0.15) is 25.0 Å². The molecule has 0 bridgehead atoms. The summed E-state index contributed by atoms with van der Waals surface area (Å²) in [5, 5.41) is 9.93. The van der Waals surface area contributed by atoms with E-state index in [2.05, 4.69) is 42.3 Å². The molecule has 0 radical (unpaired) electrons. The molecule has 3 heteroatoms. The van der Waals surface area contributed by atoms with Gasteiger partial charge in [0.15, 0.2) is 0 Å². The first-order valence-electron chi connectivity index (χ1n) is 5.73. The number of benzene rings is 1. The van der Waals surface area contributed by atoms with Crippen molar-refractivity contribution in [2.75, 3.05) is 0 Å². The van der Waals surface area contributed by atoms with E-state index in [1.54, 1.807) is 11.8 Å². The fourth-order valence-electron chi connectivity index (χ4n) is 1.60. The summed E-state index contributed by atoms with van der Waals surface area (Å²) < 4.78 is 0. The number of aryl methyl sites for hydroxylation is 1. The van der Waals surface area contributed by atoms with E-state index in [4.69, 9.17) is 5.26 Å². The normalized spacial score (nSPS) is 17.7. The van der Waals surface area contributed by atoms with Crippen LogP contribution >= 0.6 is 11.8 Å². The van der Waals surface area contributed by atoms with Crippen LogP contribution in [0.15, 0.2) is 51.5 Å². The molecule has 2 rings (SSSR count). The molecule has 0 saturated heterocycles. The number of aliphatic imine (C=N–C) groups is 1. The highest BCUT2D eigenvalue weighted by Gasteiger charge is 2.14. The van der Waals surface area contributed by atoms with Crippen molar-refractivity contribution in [3.05, 3.63) is 57.6 Å². The predicted octanol–water partition coefficient (Wildman–Crippen LogP) is 4.19. The molecular weight excluding hydrogens is 240 g/mol. The molecule has 0 aliphatic carbocycles. The summed E-state index contributed by atoms with van der Waals surface area (Å²) in [6.07, 6.45) is 1.96. The van der Waals surface area contributed by atoms with Gasteiger partial charge >= 0.3 is 0 Å². The van der Waals surface area contributed by atoms with Crippen LogP contribution in [0.3, 0.4) is 0 Å². The number of thioether (sulfide) groups is 1. The van der Waals surface area contributed by atoms with E-state index < -0.39 is 0 Å². The van der Waals surface area contributed by atoms with E-state index in [0.717, 1.165) is 26.8 Å². The van der Waals surface area contributed by atoms with Crippen molar-refractivity contribution < 1.29 is 0 Å². The maximum absolute atomic E-state index is 8.98. The van der Waals surface area contributed by atoms with Gasteiger partial charge in [-0.25, -0.2) is 4.99 Å². The van der Waals surface area contributed by atoms with Crippen molar-refractivity contribution in [2.45, 2.75) is 20.8 Å². The molecule has 0 unspecified atom stereocenters. The van der Waals surface area contributed by atoms with E-state index in [-0.39, 0.29) is 0 Å². The Bertz CT molecular complexity index is 598. The molecule has 2 nitrogen and oxygen atoms in total. The molecule has 0 saturated carbocycles. The van der Waals surface area contributed by atoms with Gasteiger partial charge in [-0.15, -0.1) is 0 Å². The van der Waals surface area contributed by atoms with Gasteiger partial charge in [0.1, 0.15) is 5.04 Å². The van der Waals surface area contributed by atoms with Crippen LogP contribution in [0.25, 0.3) is 0 Å². The highest BCUT2D eigenvalue weighted by Crippen LogP contribution is 2.32. The van der Waals surface area contributed by atoms with Crippen LogP contribution in [0, 0.1) is 18.3 Å². The molecule has 1 aromatic rings. The molecule has 0 atom stereocenters. The first kappa shape index (κ1) is 12.7. The standard InChI is InChI=1S/C15H14N2S/c1-10-4-6-13(7-5-10)15-17-12(3)8-14(18-15)11(2)9-16/h4-8H,1-3H3/b14-11+. The Balaban J connectivity index is 2.40. The number of rotatable bonds is 1. The van der Waals surface area contributed by atoms with Gasteiger partial charge in [0.25, 0.3) is 0 Å². The van der Waals surface area contributed by atoms with Gasteiger partial charge in [0.05, 0.1) is 6.07 Å². The Labute approximate surface area is 112 Å². The monoisotopic (exact) mass is 254 g/mol. The Kier molecular flexibility index (Phi) is 3.69. The molecule has 1 aliphatic rings. The van der Waals surface area contributed by atoms with Crippen molar-refractivity contribution >= 4 is 16.8 Å². The third-order valence-corrected chi connectivity index (χ3v) is 3.82. The highest BCUT2D eigenvalue weighted by atomic mass is 32.2. The molecule has 1 aliphatic heterocycles. The van der Waals surface area contributed by atoms with E-state index in [0.29, 0.717) is 0 Å². The van der Waals surface area contributed by atoms with Crippen molar-refractivity contribution in [3.63, 3.8) is 0 Å². The fraction of sp³-hybridized carbons (Fsp3) is 0.200. The Hall–Kier alpha value is -1.79. The molecule has 0 amide bonds. The van der Waals surface area contributed by atoms with Gasteiger partial charge in [-0.1, -0.05) is 41.6 Å². The van der Waals surface area contributed by atoms with Crippen molar-refractivity contribution in [1.29, 1.82) is 5.26 Å². The fourth-order valence-corrected chi connectivity index (χ4v) is 2.68. The van der Waals surface area contributed by atoms with E-state index in [1.807, 2.05) is 19.9 Å². The number of hydrogen-bond donors (Lipinski definition) is 0. The molecule has 0 aromatic heterocycles. The van der Waals surface area contributed by atoms with Gasteiger partial charge in [-0.3, -0.25) is 0 Å². The zero-order valence-electron chi connectivity index (χ0n) is 10.7. The lowest BCUT2D eigenvalue weighted by Crippen LogP contribution is -2.01. The second-order valence-corrected chi connectivity index (χ2v) is 5.30. The van der Waals surface area contributed by atoms with Gasteiger partial charge in [-0.05, 0) is 26.8 Å². The van der Waals surface area contributed by atoms with Crippen LogP contribution in [-0.4, -0.2) is 5.04 Å². The number of allylic oxidation sites excluding steroid dienone is 3. The predicted molar refractivity (Wildman–Crippen MR) is 77.4 cm³/mol. The Morgan fingerprint density at radius 3 is 2.50 bits per heavy atom. The molecule has 1 heterocycles. The Morgan fingerprint density at radius 2 is 1.89 bits per heavy atom. The van der Waals surface area contributed by atoms with Crippen LogP contribution < -0.4 is 0 Å². The Morgan fingerprint density at radius 1 is 1.22 bits per heavy atom. The van der Waals surface area contributed by atoms with Crippen molar-refractivity contribution in [2.24, 2.45) is 4.99 Å². The van der Waals surface area contributed by atoms with Gasteiger partial charge < -0.3 is 0 Å². The van der Waals surface area contributed by atoms with Crippen molar-refractivity contribution in [1.82, 2.24) is 0 Å². The zero-order chi connectivity index (χ0) is 13.1. The van der Waals surface area contributed by atoms with E-state index in [1.165, 1.54) is 5.56 Å². The molecule has 90 valence electrons. The lowest BCUT2D eigenvalue weighted by atomic mass is 10.2. The first-order chi connectivity index (χ1) is 8.60. The van der Waals surface area contributed by atoms with Gasteiger partial charge in [-0.2, -0.15) is 5.26 Å². The smallest absolute Gasteiger partial charge is 0.108 e. The second-order valence-electron chi connectivity index (χ2n) is 4.27. The lowest BCUT2D eigenvalue weighted by molar-refractivity contribution is 1.29. The first-order valence-corrected chi connectivity index (χ1v) is 6.54. The van der Waals surface area contributed by atoms with Crippen molar-refractivity contribution in [3.8, 4) is 6.07 Å². The summed E-state index contributed by atoms with van der Waals surface area (Å²) in [5.41, 5.74) is 4.01.